The highest BCUT2D eigenvalue weighted by molar-refractivity contribution is 9.10. The van der Waals surface area contributed by atoms with Gasteiger partial charge in [-0.15, -0.1) is 0 Å². The van der Waals surface area contributed by atoms with E-state index in [1.54, 1.807) is 0 Å². The first-order valence-electron chi connectivity index (χ1n) is 4.06. The fourth-order valence-electron chi connectivity index (χ4n) is 0.962. The number of rotatable bonds is 3. The quantitative estimate of drug-likeness (QED) is 0.627. The highest BCUT2D eigenvalue weighted by atomic mass is 79.9. The van der Waals surface area contributed by atoms with Gasteiger partial charge in [-0.05, 0) is 22.0 Å². The van der Waals surface area contributed by atoms with Crippen LogP contribution in [-0.4, -0.2) is 19.3 Å². The van der Waals surface area contributed by atoms with Gasteiger partial charge in [-0.2, -0.15) is 0 Å². The second kappa shape index (κ2) is 4.04. The smallest absolute Gasteiger partial charge is 0.145 e. The molecular formula is C9H7BrClFO2. The molecule has 0 bridgehead atoms. The minimum atomic E-state index is -0.485. The molecule has 1 unspecified atom stereocenters. The number of ether oxygens (including phenoxy) is 2. The number of halogens is 3. The summed E-state index contributed by atoms with van der Waals surface area (Å²) in [6, 6.07) is 2.73. The summed E-state index contributed by atoms with van der Waals surface area (Å²) in [5, 5.41) is 0.0758. The Kier molecular flexibility index (Phi) is 2.95. The lowest BCUT2D eigenvalue weighted by Crippen LogP contribution is -2.04. The molecular weight excluding hydrogens is 274 g/mol. The molecule has 0 radical (unpaired) electrons. The summed E-state index contributed by atoms with van der Waals surface area (Å²) in [6.07, 6.45) is 0.153. The molecule has 0 amide bonds. The predicted octanol–water partition coefficient (Wildman–Crippen LogP) is 3.02. The molecule has 0 spiro atoms. The standard InChI is InChI=1S/C9H7BrClFO2/c10-6-1-7(11)8(12)2-9(6)14-4-5-3-13-5/h1-2,5H,3-4H2. The van der Waals surface area contributed by atoms with Crippen molar-refractivity contribution < 1.29 is 13.9 Å². The van der Waals surface area contributed by atoms with E-state index in [9.17, 15) is 4.39 Å². The molecule has 1 heterocycles. The Morgan fingerprint density at radius 3 is 3.00 bits per heavy atom. The first-order chi connectivity index (χ1) is 6.66. The molecule has 1 aromatic rings. The highest BCUT2D eigenvalue weighted by Crippen LogP contribution is 2.31. The Morgan fingerprint density at radius 1 is 1.64 bits per heavy atom. The molecule has 76 valence electrons. The first kappa shape index (κ1) is 10.2. The molecule has 2 nitrogen and oxygen atoms in total. The van der Waals surface area contributed by atoms with Crippen molar-refractivity contribution in [3.63, 3.8) is 0 Å². The lowest BCUT2D eigenvalue weighted by Gasteiger charge is -2.07. The molecule has 0 aliphatic carbocycles. The van der Waals surface area contributed by atoms with Crippen LogP contribution in [-0.2, 0) is 4.74 Å². The van der Waals surface area contributed by atoms with Crippen LogP contribution in [0, 0.1) is 5.82 Å². The van der Waals surface area contributed by atoms with Crippen molar-refractivity contribution >= 4 is 27.5 Å². The Labute approximate surface area is 94.1 Å². The number of epoxide rings is 1. The zero-order chi connectivity index (χ0) is 10.1. The van der Waals surface area contributed by atoms with Gasteiger partial charge in [-0.1, -0.05) is 11.6 Å². The molecule has 0 saturated carbocycles. The van der Waals surface area contributed by atoms with Gasteiger partial charge in [0.25, 0.3) is 0 Å². The summed E-state index contributed by atoms with van der Waals surface area (Å²) in [6.45, 7) is 1.16. The van der Waals surface area contributed by atoms with Crippen LogP contribution in [0.1, 0.15) is 0 Å². The molecule has 2 rings (SSSR count). The van der Waals surface area contributed by atoms with Crippen molar-refractivity contribution in [3.8, 4) is 5.75 Å². The molecule has 0 N–H and O–H groups in total. The van der Waals surface area contributed by atoms with E-state index >= 15 is 0 Å². The Morgan fingerprint density at radius 2 is 2.36 bits per heavy atom. The summed E-state index contributed by atoms with van der Waals surface area (Å²) in [5.41, 5.74) is 0. The maximum atomic E-state index is 13.0. The Bertz CT molecular complexity index is 355. The van der Waals surface area contributed by atoms with Crippen LogP contribution >= 0.6 is 27.5 Å². The van der Waals surface area contributed by atoms with E-state index in [2.05, 4.69) is 15.9 Å². The zero-order valence-corrected chi connectivity index (χ0v) is 9.44. The maximum Gasteiger partial charge on any atom is 0.145 e. The van der Waals surface area contributed by atoms with Gasteiger partial charge in [0.2, 0.25) is 0 Å². The molecule has 0 aromatic heterocycles. The van der Waals surface area contributed by atoms with Crippen LogP contribution < -0.4 is 4.74 Å². The average Bonchev–Trinajstić information content (AvgIpc) is 2.92. The van der Waals surface area contributed by atoms with E-state index in [0.29, 0.717) is 23.4 Å². The summed E-state index contributed by atoms with van der Waals surface area (Å²) in [7, 11) is 0. The SMILES string of the molecule is Fc1cc(OCC2CO2)c(Br)cc1Cl. The second-order valence-corrected chi connectivity index (χ2v) is 4.22. The van der Waals surface area contributed by atoms with Gasteiger partial charge in [0, 0.05) is 6.07 Å². The third kappa shape index (κ3) is 2.38. The van der Waals surface area contributed by atoms with Gasteiger partial charge < -0.3 is 9.47 Å². The van der Waals surface area contributed by atoms with E-state index in [1.807, 2.05) is 0 Å². The fourth-order valence-corrected chi connectivity index (χ4v) is 1.72. The molecule has 1 fully saturated rings. The van der Waals surface area contributed by atoms with Gasteiger partial charge in [0.15, 0.2) is 0 Å². The van der Waals surface area contributed by atoms with E-state index in [0.717, 1.165) is 0 Å². The minimum Gasteiger partial charge on any atom is -0.489 e. The topological polar surface area (TPSA) is 21.8 Å². The van der Waals surface area contributed by atoms with Crippen molar-refractivity contribution in [1.29, 1.82) is 0 Å². The van der Waals surface area contributed by atoms with Crippen molar-refractivity contribution in [2.75, 3.05) is 13.2 Å². The third-order valence-electron chi connectivity index (χ3n) is 1.80. The van der Waals surface area contributed by atoms with Gasteiger partial charge in [0.05, 0.1) is 16.1 Å². The number of hydrogen-bond acceptors (Lipinski definition) is 2. The maximum absolute atomic E-state index is 13.0. The lowest BCUT2D eigenvalue weighted by molar-refractivity contribution is 0.261. The minimum absolute atomic E-state index is 0.0758. The Balaban J connectivity index is 2.10. The van der Waals surface area contributed by atoms with E-state index in [1.165, 1.54) is 12.1 Å². The molecule has 14 heavy (non-hydrogen) atoms. The summed E-state index contributed by atoms with van der Waals surface area (Å²) in [4.78, 5) is 0. The van der Waals surface area contributed by atoms with E-state index < -0.39 is 5.82 Å². The van der Waals surface area contributed by atoms with Crippen molar-refractivity contribution in [3.05, 3.63) is 27.4 Å². The van der Waals surface area contributed by atoms with Crippen molar-refractivity contribution in [2.24, 2.45) is 0 Å². The summed E-state index contributed by atoms with van der Waals surface area (Å²) in [5.74, 6) is -0.0380. The summed E-state index contributed by atoms with van der Waals surface area (Å²) < 4.78 is 24.0. The van der Waals surface area contributed by atoms with Gasteiger partial charge in [-0.25, -0.2) is 4.39 Å². The first-order valence-corrected chi connectivity index (χ1v) is 5.23. The second-order valence-electron chi connectivity index (χ2n) is 2.96. The van der Waals surface area contributed by atoms with E-state index in [4.69, 9.17) is 21.1 Å². The molecule has 1 atom stereocenters. The van der Waals surface area contributed by atoms with Crippen molar-refractivity contribution in [1.82, 2.24) is 0 Å². The lowest BCUT2D eigenvalue weighted by atomic mass is 10.3. The highest BCUT2D eigenvalue weighted by Gasteiger charge is 2.23. The van der Waals surface area contributed by atoms with Crippen LogP contribution in [0.4, 0.5) is 4.39 Å². The van der Waals surface area contributed by atoms with Crippen LogP contribution in [0.3, 0.4) is 0 Å². The third-order valence-corrected chi connectivity index (χ3v) is 2.71. The number of benzene rings is 1. The number of hydrogen-bond donors (Lipinski definition) is 0. The summed E-state index contributed by atoms with van der Waals surface area (Å²) >= 11 is 8.81. The van der Waals surface area contributed by atoms with Crippen LogP contribution in [0.25, 0.3) is 0 Å². The molecule has 5 heteroatoms. The van der Waals surface area contributed by atoms with Gasteiger partial charge >= 0.3 is 0 Å². The Hall–Kier alpha value is -0.320. The predicted molar refractivity (Wildman–Crippen MR) is 54.3 cm³/mol. The zero-order valence-electron chi connectivity index (χ0n) is 7.10. The van der Waals surface area contributed by atoms with Gasteiger partial charge in [-0.3, -0.25) is 0 Å². The molecule has 1 aliphatic rings. The van der Waals surface area contributed by atoms with Crippen LogP contribution in [0.5, 0.6) is 5.75 Å². The average molecular weight is 282 g/mol. The normalized spacial score (nSPS) is 19.5. The van der Waals surface area contributed by atoms with E-state index in [-0.39, 0.29) is 11.1 Å². The van der Waals surface area contributed by atoms with Crippen LogP contribution in [0.2, 0.25) is 5.02 Å². The largest absolute Gasteiger partial charge is 0.489 e. The fraction of sp³-hybridized carbons (Fsp3) is 0.333. The monoisotopic (exact) mass is 280 g/mol. The van der Waals surface area contributed by atoms with Crippen molar-refractivity contribution in [2.45, 2.75) is 6.10 Å². The van der Waals surface area contributed by atoms with Gasteiger partial charge in [0.1, 0.15) is 24.3 Å². The van der Waals surface area contributed by atoms with Crippen LogP contribution in [0.15, 0.2) is 16.6 Å². The molecule has 1 saturated heterocycles. The molecule has 1 aliphatic heterocycles. The molecule has 1 aromatic carbocycles.